The van der Waals surface area contributed by atoms with Crippen LogP contribution in [0.2, 0.25) is 0 Å². The summed E-state index contributed by atoms with van der Waals surface area (Å²) in [5.41, 5.74) is -0.458. The number of aliphatic hydroxyl groups is 1. The van der Waals surface area contributed by atoms with Gasteiger partial charge in [-0.2, -0.15) is 0 Å². The van der Waals surface area contributed by atoms with E-state index in [0.29, 0.717) is 0 Å². The molecule has 0 atom stereocenters. The van der Waals surface area contributed by atoms with Crippen LogP contribution in [0.1, 0.15) is 48.0 Å². The Hall–Kier alpha value is -0.0800. The highest BCUT2D eigenvalue weighted by Crippen LogP contribution is 2.05. The van der Waals surface area contributed by atoms with Crippen molar-refractivity contribution in [2.24, 2.45) is 5.92 Å². The minimum atomic E-state index is -0.458. The first-order valence-electron chi connectivity index (χ1n) is 5.26. The van der Waals surface area contributed by atoms with Crippen molar-refractivity contribution in [3.8, 4) is 0 Å². The van der Waals surface area contributed by atoms with E-state index in [9.17, 15) is 0 Å². The van der Waals surface area contributed by atoms with E-state index in [0.717, 1.165) is 25.6 Å². The molecule has 0 aromatic rings. The predicted molar refractivity (Wildman–Crippen MR) is 57.9 cm³/mol. The van der Waals surface area contributed by atoms with Crippen molar-refractivity contribution >= 4 is 0 Å². The highest BCUT2D eigenvalue weighted by molar-refractivity contribution is 4.59. The molecule has 1 aliphatic rings. The van der Waals surface area contributed by atoms with Gasteiger partial charge in [0.1, 0.15) is 0 Å². The Morgan fingerprint density at radius 1 is 1.31 bits per heavy atom. The molecule has 0 radical (unpaired) electrons. The van der Waals surface area contributed by atoms with Gasteiger partial charge in [-0.25, -0.2) is 0 Å². The van der Waals surface area contributed by atoms with Gasteiger partial charge in [0.25, 0.3) is 0 Å². The SMILES string of the molecule is CC.CC1COC1.CCC(C)(C)O. The number of hydrogen-bond donors (Lipinski definition) is 1. The normalized spacial score (nSPS) is 15.9. The van der Waals surface area contributed by atoms with Crippen LogP contribution in [0.25, 0.3) is 0 Å². The van der Waals surface area contributed by atoms with Crippen molar-refractivity contribution in [2.75, 3.05) is 13.2 Å². The Morgan fingerprint density at radius 3 is 1.54 bits per heavy atom. The molecule has 13 heavy (non-hydrogen) atoms. The van der Waals surface area contributed by atoms with Gasteiger partial charge in [-0.1, -0.05) is 27.7 Å². The molecule has 0 aromatic heterocycles. The van der Waals surface area contributed by atoms with Crippen LogP contribution in [0.15, 0.2) is 0 Å². The minimum absolute atomic E-state index is 0.458. The molecule has 2 heteroatoms. The third kappa shape index (κ3) is 14.7. The zero-order chi connectivity index (χ0) is 10.9. The maximum absolute atomic E-state index is 8.83. The maximum atomic E-state index is 8.83. The average Bonchev–Trinajstić information content (AvgIpc) is 2.04. The Bertz CT molecular complexity index is 90.8. The Labute approximate surface area is 83.3 Å². The monoisotopic (exact) mass is 190 g/mol. The standard InChI is InChI=1S/C5H12O.C4H8O.C2H6/c1-4-5(2,3)6;1-4-2-5-3-4;1-2/h6H,4H2,1-3H3;4H,2-3H2,1H3;1-2H3. The van der Waals surface area contributed by atoms with Gasteiger partial charge in [0.05, 0.1) is 18.8 Å². The molecular weight excluding hydrogens is 164 g/mol. The predicted octanol–water partition coefficient (Wildman–Crippen LogP) is 2.85. The van der Waals surface area contributed by atoms with Gasteiger partial charge >= 0.3 is 0 Å². The van der Waals surface area contributed by atoms with E-state index in [1.165, 1.54) is 0 Å². The highest BCUT2D eigenvalue weighted by atomic mass is 16.5. The van der Waals surface area contributed by atoms with Crippen LogP contribution in [0.4, 0.5) is 0 Å². The molecule has 82 valence electrons. The summed E-state index contributed by atoms with van der Waals surface area (Å²) in [6.07, 6.45) is 0.826. The molecular formula is C11H26O2. The zero-order valence-electron chi connectivity index (χ0n) is 10.1. The lowest BCUT2D eigenvalue weighted by molar-refractivity contribution is -0.0221. The van der Waals surface area contributed by atoms with Crippen molar-refractivity contribution < 1.29 is 9.84 Å². The fourth-order valence-corrected chi connectivity index (χ4v) is 0.354. The Kier molecular flexibility index (Phi) is 10.1. The van der Waals surface area contributed by atoms with Crippen molar-refractivity contribution in [3.05, 3.63) is 0 Å². The fourth-order valence-electron chi connectivity index (χ4n) is 0.354. The largest absolute Gasteiger partial charge is 0.390 e. The van der Waals surface area contributed by atoms with Gasteiger partial charge in [-0.3, -0.25) is 0 Å². The van der Waals surface area contributed by atoms with Gasteiger partial charge in [0, 0.05) is 5.92 Å². The quantitative estimate of drug-likeness (QED) is 0.689. The molecule has 1 saturated heterocycles. The molecule has 2 nitrogen and oxygen atoms in total. The van der Waals surface area contributed by atoms with Crippen LogP contribution in [0.5, 0.6) is 0 Å². The molecule has 1 N–H and O–H groups in total. The average molecular weight is 190 g/mol. The van der Waals surface area contributed by atoms with E-state index < -0.39 is 5.60 Å². The van der Waals surface area contributed by atoms with Crippen LogP contribution in [-0.2, 0) is 4.74 Å². The molecule has 1 heterocycles. The lowest BCUT2D eigenvalue weighted by atomic mass is 10.1. The zero-order valence-corrected chi connectivity index (χ0v) is 10.1. The maximum Gasteiger partial charge on any atom is 0.0589 e. The molecule has 0 unspecified atom stereocenters. The molecule has 0 aliphatic carbocycles. The Balaban J connectivity index is 0. The van der Waals surface area contributed by atoms with Crippen molar-refractivity contribution in [1.82, 2.24) is 0 Å². The second kappa shape index (κ2) is 8.52. The third-order valence-electron chi connectivity index (χ3n) is 1.67. The van der Waals surface area contributed by atoms with E-state index in [2.05, 4.69) is 6.92 Å². The van der Waals surface area contributed by atoms with Crippen LogP contribution in [-0.4, -0.2) is 23.9 Å². The van der Waals surface area contributed by atoms with E-state index in [1.54, 1.807) is 13.8 Å². The van der Waals surface area contributed by atoms with Crippen molar-refractivity contribution in [1.29, 1.82) is 0 Å². The third-order valence-corrected chi connectivity index (χ3v) is 1.67. The van der Waals surface area contributed by atoms with Crippen LogP contribution < -0.4 is 0 Å². The molecule has 1 fully saturated rings. The number of hydrogen-bond acceptors (Lipinski definition) is 2. The van der Waals surface area contributed by atoms with E-state index in [4.69, 9.17) is 9.84 Å². The molecule has 1 rings (SSSR count). The lowest BCUT2D eigenvalue weighted by Crippen LogP contribution is -2.23. The van der Waals surface area contributed by atoms with Gasteiger partial charge in [-0.05, 0) is 20.3 Å². The topological polar surface area (TPSA) is 29.5 Å². The summed E-state index contributed by atoms with van der Waals surface area (Å²) in [5, 5.41) is 8.83. The molecule has 0 aromatic carbocycles. The van der Waals surface area contributed by atoms with Gasteiger partial charge in [0.15, 0.2) is 0 Å². The first-order valence-corrected chi connectivity index (χ1v) is 5.26. The summed E-state index contributed by atoms with van der Waals surface area (Å²) >= 11 is 0. The lowest BCUT2D eigenvalue weighted by Gasteiger charge is -2.20. The number of ether oxygens (including phenoxy) is 1. The Morgan fingerprint density at radius 2 is 1.54 bits per heavy atom. The second-order valence-corrected chi connectivity index (χ2v) is 3.81. The summed E-state index contributed by atoms with van der Waals surface area (Å²) in [6, 6.07) is 0. The molecule has 0 amide bonds. The first-order chi connectivity index (χ1) is 5.95. The fraction of sp³-hybridized carbons (Fsp3) is 1.00. The summed E-state index contributed by atoms with van der Waals surface area (Å²) in [5.74, 6) is 0.843. The van der Waals surface area contributed by atoms with Crippen LogP contribution >= 0.6 is 0 Å². The smallest absolute Gasteiger partial charge is 0.0589 e. The van der Waals surface area contributed by atoms with Crippen molar-refractivity contribution in [3.63, 3.8) is 0 Å². The van der Waals surface area contributed by atoms with Gasteiger partial charge in [-0.15, -0.1) is 0 Å². The van der Waals surface area contributed by atoms with E-state index in [-0.39, 0.29) is 0 Å². The minimum Gasteiger partial charge on any atom is -0.390 e. The first kappa shape index (κ1) is 15.4. The van der Waals surface area contributed by atoms with Gasteiger partial charge in [0.2, 0.25) is 0 Å². The highest BCUT2D eigenvalue weighted by Gasteiger charge is 2.09. The molecule has 0 spiro atoms. The summed E-state index contributed by atoms with van der Waals surface area (Å²) < 4.78 is 4.83. The molecule has 0 saturated carbocycles. The van der Waals surface area contributed by atoms with Crippen LogP contribution in [0.3, 0.4) is 0 Å². The molecule has 1 aliphatic heterocycles. The second-order valence-electron chi connectivity index (χ2n) is 3.81. The summed E-state index contributed by atoms with van der Waals surface area (Å²) in [7, 11) is 0. The summed E-state index contributed by atoms with van der Waals surface area (Å²) in [6.45, 7) is 13.7. The van der Waals surface area contributed by atoms with Gasteiger partial charge < -0.3 is 9.84 Å². The van der Waals surface area contributed by atoms with Crippen LogP contribution in [0, 0.1) is 5.92 Å². The van der Waals surface area contributed by atoms with Crippen molar-refractivity contribution in [2.45, 2.75) is 53.6 Å². The molecule has 0 bridgehead atoms. The number of rotatable bonds is 1. The summed E-state index contributed by atoms with van der Waals surface area (Å²) in [4.78, 5) is 0. The van der Waals surface area contributed by atoms with E-state index >= 15 is 0 Å². The van der Waals surface area contributed by atoms with E-state index in [1.807, 2.05) is 20.8 Å².